The SMILES string of the molecule is Cc1nc(N[C@H](C)c2cc(N)cc(C(F)(F)F)c2)c2cc(N3CCOCC3=O)c3c(c2n1)CCC3. The maximum atomic E-state index is 13.3. The smallest absolute Gasteiger partial charge is 0.399 e. The van der Waals surface area contributed by atoms with E-state index in [0.717, 1.165) is 59.1 Å². The summed E-state index contributed by atoms with van der Waals surface area (Å²) in [6.07, 6.45) is -1.83. The summed E-state index contributed by atoms with van der Waals surface area (Å²) in [7, 11) is 0. The minimum absolute atomic E-state index is 0.0380. The molecule has 7 nitrogen and oxygen atoms in total. The second kappa shape index (κ2) is 8.67. The summed E-state index contributed by atoms with van der Waals surface area (Å²) in [6.45, 7) is 4.51. The molecular weight excluding hydrogens is 459 g/mol. The van der Waals surface area contributed by atoms with E-state index in [0.29, 0.717) is 30.4 Å². The summed E-state index contributed by atoms with van der Waals surface area (Å²) < 4.78 is 45.3. The highest BCUT2D eigenvalue weighted by molar-refractivity contribution is 6.02. The van der Waals surface area contributed by atoms with Crippen LogP contribution in [0.3, 0.4) is 0 Å². The van der Waals surface area contributed by atoms with Crippen LogP contribution in [0, 0.1) is 6.92 Å². The molecule has 3 aromatic rings. The number of aromatic nitrogens is 2. The summed E-state index contributed by atoms with van der Waals surface area (Å²) in [5, 5.41) is 4.01. The van der Waals surface area contributed by atoms with Crippen LogP contribution in [0.5, 0.6) is 0 Å². The first-order chi connectivity index (χ1) is 16.6. The molecule has 1 amide bonds. The Kier molecular flexibility index (Phi) is 5.79. The number of amides is 1. The number of nitrogens with zero attached hydrogens (tertiary/aromatic N) is 3. The van der Waals surface area contributed by atoms with Crippen molar-refractivity contribution in [1.29, 1.82) is 0 Å². The van der Waals surface area contributed by atoms with Crippen molar-refractivity contribution in [2.45, 2.75) is 45.3 Å². The average Bonchev–Trinajstić information content (AvgIpc) is 3.29. The molecule has 3 N–H and O–H groups in total. The van der Waals surface area contributed by atoms with Gasteiger partial charge in [0.1, 0.15) is 18.2 Å². The molecule has 10 heteroatoms. The van der Waals surface area contributed by atoms with Gasteiger partial charge < -0.3 is 20.7 Å². The van der Waals surface area contributed by atoms with E-state index in [2.05, 4.69) is 10.3 Å². The highest BCUT2D eigenvalue weighted by Crippen LogP contribution is 2.40. The molecule has 1 fully saturated rings. The van der Waals surface area contributed by atoms with Gasteiger partial charge in [-0.2, -0.15) is 13.2 Å². The lowest BCUT2D eigenvalue weighted by Gasteiger charge is -2.29. The molecule has 2 aliphatic rings. The van der Waals surface area contributed by atoms with Gasteiger partial charge in [-0.1, -0.05) is 0 Å². The van der Waals surface area contributed by atoms with E-state index in [-0.39, 0.29) is 18.2 Å². The van der Waals surface area contributed by atoms with Gasteiger partial charge in [-0.15, -0.1) is 0 Å². The number of halogens is 3. The lowest BCUT2D eigenvalue weighted by molar-refractivity contribution is -0.137. The Balaban J connectivity index is 1.60. The maximum Gasteiger partial charge on any atom is 0.416 e. The van der Waals surface area contributed by atoms with Crippen molar-refractivity contribution in [2.75, 3.05) is 35.7 Å². The normalized spacial score (nSPS) is 17.1. The number of morpholine rings is 1. The van der Waals surface area contributed by atoms with Crippen molar-refractivity contribution in [3.05, 3.63) is 52.3 Å². The zero-order valence-electron chi connectivity index (χ0n) is 19.5. The Morgan fingerprint density at radius 3 is 2.66 bits per heavy atom. The van der Waals surface area contributed by atoms with Gasteiger partial charge in [0.25, 0.3) is 5.91 Å². The number of alkyl halides is 3. The standard InChI is InChI=1S/C25H26F3N5O2/c1-13(15-8-16(25(26,27)28)10-17(29)9-15)30-24-20-11-21(33-6-7-35-12-22(33)34)18-4-3-5-19(18)23(20)31-14(2)32-24/h8-11,13H,3-7,12,29H2,1-2H3,(H,30,31,32)/t13-/m1/s1. The highest BCUT2D eigenvalue weighted by Gasteiger charge is 2.32. The number of hydrogen-bond donors (Lipinski definition) is 2. The van der Waals surface area contributed by atoms with Gasteiger partial charge in [0.05, 0.1) is 23.7 Å². The molecule has 0 saturated carbocycles. The van der Waals surface area contributed by atoms with E-state index in [1.165, 1.54) is 6.07 Å². The first-order valence-electron chi connectivity index (χ1n) is 11.6. The lowest BCUT2D eigenvalue weighted by atomic mass is 10.0. The molecule has 1 atom stereocenters. The number of ether oxygens (including phenoxy) is 1. The van der Waals surface area contributed by atoms with Crippen molar-refractivity contribution in [1.82, 2.24) is 9.97 Å². The van der Waals surface area contributed by atoms with Gasteiger partial charge in [0, 0.05) is 23.3 Å². The summed E-state index contributed by atoms with van der Waals surface area (Å²) in [5.74, 6) is 0.966. The zero-order valence-corrected chi connectivity index (χ0v) is 19.5. The predicted octanol–water partition coefficient (Wildman–Crippen LogP) is 4.56. The summed E-state index contributed by atoms with van der Waals surface area (Å²) in [6, 6.07) is 4.96. The fourth-order valence-corrected chi connectivity index (χ4v) is 4.96. The molecule has 2 aromatic carbocycles. The van der Waals surface area contributed by atoms with Gasteiger partial charge >= 0.3 is 6.18 Å². The number of hydrogen-bond acceptors (Lipinski definition) is 6. The number of fused-ring (bicyclic) bond motifs is 3. The Morgan fingerprint density at radius 2 is 1.91 bits per heavy atom. The van der Waals surface area contributed by atoms with Crippen LogP contribution >= 0.6 is 0 Å². The second-order valence-corrected chi connectivity index (χ2v) is 9.07. The molecule has 0 unspecified atom stereocenters. The van der Waals surface area contributed by atoms with E-state index in [4.69, 9.17) is 15.5 Å². The Hall–Kier alpha value is -3.40. The highest BCUT2D eigenvalue weighted by atomic mass is 19.4. The topological polar surface area (TPSA) is 93.4 Å². The van der Waals surface area contributed by atoms with Crippen LogP contribution in [0.1, 0.15) is 47.5 Å². The number of anilines is 3. The summed E-state index contributed by atoms with van der Waals surface area (Å²) in [5.41, 5.74) is 9.29. The number of nitrogens with one attached hydrogen (secondary N) is 1. The predicted molar refractivity (Wildman–Crippen MR) is 127 cm³/mol. The number of nitrogen functional groups attached to an aromatic ring is 1. The lowest BCUT2D eigenvalue weighted by Crippen LogP contribution is -2.42. The van der Waals surface area contributed by atoms with E-state index >= 15 is 0 Å². The Labute approximate surface area is 200 Å². The van der Waals surface area contributed by atoms with Crippen LogP contribution in [-0.2, 0) is 28.5 Å². The van der Waals surface area contributed by atoms with Crippen LogP contribution in [0.2, 0.25) is 0 Å². The first kappa shape index (κ1) is 23.3. The number of carbonyl (C=O) groups is 1. The quantitative estimate of drug-likeness (QED) is 0.526. The summed E-state index contributed by atoms with van der Waals surface area (Å²) in [4.78, 5) is 23.7. The molecule has 0 radical (unpaired) electrons. The Bertz CT molecular complexity index is 1320. The molecular formula is C25H26F3N5O2. The van der Waals surface area contributed by atoms with Crippen molar-refractivity contribution in [2.24, 2.45) is 0 Å². The fourth-order valence-electron chi connectivity index (χ4n) is 4.96. The van der Waals surface area contributed by atoms with Gasteiger partial charge in [-0.3, -0.25) is 4.79 Å². The molecule has 5 rings (SSSR count). The van der Waals surface area contributed by atoms with E-state index < -0.39 is 17.8 Å². The van der Waals surface area contributed by atoms with Gasteiger partial charge in [0.15, 0.2) is 0 Å². The van der Waals surface area contributed by atoms with Crippen molar-refractivity contribution in [3.63, 3.8) is 0 Å². The van der Waals surface area contributed by atoms with Gasteiger partial charge in [-0.25, -0.2) is 9.97 Å². The van der Waals surface area contributed by atoms with E-state index in [1.54, 1.807) is 18.7 Å². The van der Waals surface area contributed by atoms with E-state index in [9.17, 15) is 18.0 Å². The van der Waals surface area contributed by atoms with Crippen LogP contribution in [-0.4, -0.2) is 35.6 Å². The third-order valence-electron chi connectivity index (χ3n) is 6.59. The minimum Gasteiger partial charge on any atom is -0.399 e. The number of benzene rings is 2. The molecule has 0 spiro atoms. The second-order valence-electron chi connectivity index (χ2n) is 9.07. The zero-order chi connectivity index (χ0) is 24.9. The number of rotatable bonds is 4. The molecule has 1 aliphatic heterocycles. The largest absolute Gasteiger partial charge is 0.416 e. The number of aryl methyl sites for hydroxylation is 2. The molecule has 0 bridgehead atoms. The van der Waals surface area contributed by atoms with Gasteiger partial charge in [-0.05, 0) is 74.1 Å². The number of nitrogens with two attached hydrogens (primary N) is 1. The molecule has 1 aliphatic carbocycles. The van der Waals surface area contributed by atoms with Crippen LogP contribution in [0.25, 0.3) is 10.9 Å². The third-order valence-corrected chi connectivity index (χ3v) is 6.59. The fraction of sp³-hybridized carbons (Fsp3) is 0.400. The third kappa shape index (κ3) is 4.38. The van der Waals surface area contributed by atoms with Crippen LogP contribution in [0.4, 0.5) is 30.4 Å². The van der Waals surface area contributed by atoms with E-state index in [1.807, 2.05) is 6.07 Å². The molecule has 1 saturated heterocycles. The minimum atomic E-state index is -4.50. The maximum absolute atomic E-state index is 13.3. The Morgan fingerprint density at radius 1 is 1.14 bits per heavy atom. The van der Waals surface area contributed by atoms with Crippen molar-refractivity contribution < 1.29 is 22.7 Å². The molecule has 1 aromatic heterocycles. The summed E-state index contributed by atoms with van der Waals surface area (Å²) >= 11 is 0. The monoisotopic (exact) mass is 485 g/mol. The average molecular weight is 486 g/mol. The molecule has 2 heterocycles. The van der Waals surface area contributed by atoms with Crippen LogP contribution in [0.15, 0.2) is 24.3 Å². The van der Waals surface area contributed by atoms with Crippen LogP contribution < -0.4 is 16.0 Å². The molecule has 184 valence electrons. The van der Waals surface area contributed by atoms with Crippen molar-refractivity contribution in [3.8, 4) is 0 Å². The first-order valence-corrected chi connectivity index (χ1v) is 11.6. The molecule has 35 heavy (non-hydrogen) atoms. The van der Waals surface area contributed by atoms with Crippen molar-refractivity contribution >= 4 is 34.0 Å². The van der Waals surface area contributed by atoms with Gasteiger partial charge in [0.2, 0.25) is 0 Å². The number of carbonyl (C=O) groups excluding carboxylic acids is 1.